The van der Waals surface area contributed by atoms with Gasteiger partial charge < -0.3 is 5.32 Å². The van der Waals surface area contributed by atoms with Crippen molar-refractivity contribution >= 4 is 39.1 Å². The summed E-state index contributed by atoms with van der Waals surface area (Å²) in [4.78, 5) is 11.3. The molecule has 21 heavy (non-hydrogen) atoms. The highest BCUT2D eigenvalue weighted by Gasteiger charge is 2.20. The molecule has 2 aromatic carbocycles. The lowest BCUT2D eigenvalue weighted by Gasteiger charge is -2.13. The van der Waals surface area contributed by atoms with Crippen molar-refractivity contribution in [1.29, 1.82) is 0 Å². The van der Waals surface area contributed by atoms with Crippen molar-refractivity contribution in [3.8, 4) is 0 Å². The number of benzene rings is 2. The second-order valence-corrected chi connectivity index (χ2v) is 6.53. The molecule has 1 atom stereocenters. The average molecular weight is 369 g/mol. The maximum Gasteiger partial charge on any atom is 0.228 e. The molecule has 0 radical (unpaired) electrons. The van der Waals surface area contributed by atoms with Crippen LogP contribution in [-0.2, 0) is 17.6 Å². The molecule has 3 rings (SSSR count). The zero-order valence-corrected chi connectivity index (χ0v) is 13.3. The van der Waals surface area contributed by atoms with Crippen LogP contribution in [0.4, 0.5) is 10.1 Å². The molecule has 0 aliphatic carbocycles. The molecule has 2 aromatic rings. The lowest BCUT2D eigenvalue weighted by atomic mass is 10.0. The average Bonchev–Trinajstić information content (AvgIpc) is 2.81. The summed E-state index contributed by atoms with van der Waals surface area (Å²) in [6.45, 7) is 0. The second-order valence-electron chi connectivity index (χ2n) is 5.01. The standard InChI is InChI=1S/C16H12BrClFNO/c17-12(8-11-13(18)2-1-3-14(11)19)9-4-5-15-10(6-9)7-16(21)20-15/h1-6,12H,7-8H2,(H,20,21). The van der Waals surface area contributed by atoms with E-state index in [1.807, 2.05) is 18.2 Å². The first-order chi connectivity index (χ1) is 10.0. The van der Waals surface area contributed by atoms with Gasteiger partial charge in [0.05, 0.1) is 6.42 Å². The molecule has 1 unspecified atom stereocenters. The Labute approximate surface area is 135 Å². The molecular formula is C16H12BrClFNO. The first kappa shape index (κ1) is 14.5. The van der Waals surface area contributed by atoms with Crippen molar-refractivity contribution in [2.75, 3.05) is 5.32 Å². The highest BCUT2D eigenvalue weighted by Crippen LogP contribution is 2.34. The lowest BCUT2D eigenvalue weighted by molar-refractivity contribution is -0.115. The van der Waals surface area contributed by atoms with Gasteiger partial charge in [-0.05, 0) is 35.7 Å². The monoisotopic (exact) mass is 367 g/mol. The van der Waals surface area contributed by atoms with E-state index >= 15 is 0 Å². The van der Waals surface area contributed by atoms with E-state index in [0.29, 0.717) is 23.4 Å². The third-order valence-electron chi connectivity index (χ3n) is 3.56. The van der Waals surface area contributed by atoms with Crippen LogP contribution in [0.15, 0.2) is 36.4 Å². The Morgan fingerprint density at radius 1 is 1.33 bits per heavy atom. The van der Waals surface area contributed by atoms with Gasteiger partial charge in [-0.1, -0.05) is 45.7 Å². The van der Waals surface area contributed by atoms with E-state index < -0.39 is 0 Å². The van der Waals surface area contributed by atoms with Crippen LogP contribution in [0.5, 0.6) is 0 Å². The molecule has 1 aliphatic rings. The zero-order chi connectivity index (χ0) is 15.0. The minimum Gasteiger partial charge on any atom is -0.326 e. The minimum absolute atomic E-state index is 0.00502. The number of fused-ring (bicyclic) bond motifs is 1. The van der Waals surface area contributed by atoms with Gasteiger partial charge in [-0.25, -0.2) is 4.39 Å². The molecular weight excluding hydrogens is 357 g/mol. The van der Waals surface area contributed by atoms with E-state index in [0.717, 1.165) is 16.8 Å². The molecule has 0 bridgehead atoms. The summed E-state index contributed by atoms with van der Waals surface area (Å²) in [6, 6.07) is 10.5. The van der Waals surface area contributed by atoms with Crippen LogP contribution in [-0.4, -0.2) is 5.91 Å². The normalized spacial score (nSPS) is 14.7. The molecule has 1 aliphatic heterocycles. The third kappa shape index (κ3) is 2.97. The maximum absolute atomic E-state index is 13.8. The van der Waals surface area contributed by atoms with Crippen molar-refractivity contribution in [2.24, 2.45) is 0 Å². The molecule has 0 aromatic heterocycles. The van der Waals surface area contributed by atoms with Crippen LogP contribution in [0.2, 0.25) is 5.02 Å². The van der Waals surface area contributed by atoms with Gasteiger partial charge in [0, 0.05) is 21.1 Å². The van der Waals surface area contributed by atoms with Crippen LogP contribution >= 0.6 is 27.5 Å². The van der Waals surface area contributed by atoms with Crippen molar-refractivity contribution in [2.45, 2.75) is 17.7 Å². The summed E-state index contributed by atoms with van der Waals surface area (Å²) in [5.74, 6) is -0.296. The number of carbonyl (C=O) groups is 1. The lowest BCUT2D eigenvalue weighted by Crippen LogP contribution is -2.03. The van der Waals surface area contributed by atoms with Gasteiger partial charge in [-0.2, -0.15) is 0 Å². The first-order valence-electron chi connectivity index (χ1n) is 6.54. The van der Waals surface area contributed by atoms with Crippen LogP contribution in [0.3, 0.4) is 0 Å². The van der Waals surface area contributed by atoms with E-state index in [9.17, 15) is 9.18 Å². The van der Waals surface area contributed by atoms with Crippen LogP contribution < -0.4 is 5.32 Å². The summed E-state index contributed by atoms with van der Waals surface area (Å²) in [5.41, 5.74) is 3.33. The maximum atomic E-state index is 13.8. The number of hydrogen-bond donors (Lipinski definition) is 1. The van der Waals surface area contributed by atoms with Crippen molar-refractivity contribution < 1.29 is 9.18 Å². The number of halogens is 3. The topological polar surface area (TPSA) is 29.1 Å². The number of rotatable bonds is 3. The van der Waals surface area contributed by atoms with E-state index in [1.54, 1.807) is 12.1 Å². The molecule has 5 heteroatoms. The molecule has 1 amide bonds. The predicted molar refractivity (Wildman–Crippen MR) is 85.6 cm³/mol. The summed E-state index contributed by atoms with van der Waals surface area (Å²) >= 11 is 9.64. The van der Waals surface area contributed by atoms with Gasteiger partial charge in [0.1, 0.15) is 5.82 Å². The van der Waals surface area contributed by atoms with E-state index in [2.05, 4.69) is 21.2 Å². The summed E-state index contributed by atoms with van der Waals surface area (Å²) in [6.07, 6.45) is 0.842. The Morgan fingerprint density at radius 2 is 2.14 bits per heavy atom. The number of carbonyl (C=O) groups excluding carboxylic acids is 1. The van der Waals surface area contributed by atoms with E-state index in [1.165, 1.54) is 6.07 Å². The summed E-state index contributed by atoms with van der Waals surface area (Å²) in [5, 5.41) is 3.22. The Balaban J connectivity index is 1.85. The minimum atomic E-state index is -0.301. The summed E-state index contributed by atoms with van der Waals surface area (Å²) in [7, 11) is 0. The van der Waals surface area contributed by atoms with E-state index in [4.69, 9.17) is 11.6 Å². The smallest absolute Gasteiger partial charge is 0.228 e. The van der Waals surface area contributed by atoms with Gasteiger partial charge in [-0.15, -0.1) is 0 Å². The van der Waals surface area contributed by atoms with Gasteiger partial charge in [0.25, 0.3) is 0 Å². The van der Waals surface area contributed by atoms with Gasteiger partial charge in [0.15, 0.2) is 0 Å². The van der Waals surface area contributed by atoms with Gasteiger partial charge in [0.2, 0.25) is 5.91 Å². The van der Waals surface area contributed by atoms with Gasteiger partial charge in [-0.3, -0.25) is 4.79 Å². The van der Waals surface area contributed by atoms with E-state index in [-0.39, 0.29) is 16.6 Å². The molecule has 1 heterocycles. The molecule has 2 nitrogen and oxygen atoms in total. The van der Waals surface area contributed by atoms with Crippen molar-refractivity contribution in [3.63, 3.8) is 0 Å². The number of anilines is 1. The fourth-order valence-electron chi connectivity index (χ4n) is 2.47. The zero-order valence-electron chi connectivity index (χ0n) is 11.0. The molecule has 0 saturated carbocycles. The molecule has 108 valence electrons. The number of nitrogens with one attached hydrogen (secondary N) is 1. The predicted octanol–water partition coefficient (Wildman–Crippen LogP) is 4.65. The van der Waals surface area contributed by atoms with Crippen molar-refractivity contribution in [1.82, 2.24) is 0 Å². The molecule has 0 fully saturated rings. The van der Waals surface area contributed by atoms with Crippen LogP contribution in [0, 0.1) is 5.82 Å². The fourth-order valence-corrected chi connectivity index (χ4v) is 3.32. The molecule has 0 saturated heterocycles. The van der Waals surface area contributed by atoms with Gasteiger partial charge >= 0.3 is 0 Å². The molecule has 1 N–H and O–H groups in total. The number of hydrogen-bond acceptors (Lipinski definition) is 1. The third-order valence-corrected chi connectivity index (χ3v) is 4.77. The molecule has 0 spiro atoms. The van der Waals surface area contributed by atoms with Crippen LogP contribution in [0.25, 0.3) is 0 Å². The second kappa shape index (κ2) is 5.78. The highest BCUT2D eigenvalue weighted by molar-refractivity contribution is 9.09. The highest BCUT2D eigenvalue weighted by atomic mass is 79.9. The summed E-state index contributed by atoms with van der Waals surface area (Å²) < 4.78 is 13.8. The Hall–Kier alpha value is -1.39. The fraction of sp³-hybridized carbons (Fsp3) is 0.188. The Kier molecular flexibility index (Phi) is 4.00. The Morgan fingerprint density at radius 3 is 2.90 bits per heavy atom. The van der Waals surface area contributed by atoms with Crippen molar-refractivity contribution in [3.05, 3.63) is 63.9 Å². The largest absolute Gasteiger partial charge is 0.326 e. The SMILES string of the molecule is O=C1Cc2cc(C(Br)Cc3c(F)cccc3Cl)ccc2N1. The van der Waals surface area contributed by atoms with Crippen LogP contribution in [0.1, 0.15) is 21.5 Å². The Bertz CT molecular complexity index is 699. The number of amides is 1. The first-order valence-corrected chi connectivity index (χ1v) is 7.83. The quantitative estimate of drug-likeness (QED) is 0.785. The number of alkyl halides is 1.